The maximum Gasteiger partial charge on any atom is 0.188 e. The molecule has 0 radical (unpaired) electrons. The Morgan fingerprint density at radius 1 is 1.19 bits per heavy atom. The van der Waals surface area contributed by atoms with E-state index in [9.17, 15) is 0 Å². The molecule has 0 aliphatic rings. The summed E-state index contributed by atoms with van der Waals surface area (Å²) in [5.41, 5.74) is 7.06. The molecular formula is C15H27N5O. The molecule has 0 spiro atoms. The SMILES string of the molecule is CCN(CC)CCCN(CC)c1ccc(/C(N)=N/O)nc1. The summed E-state index contributed by atoms with van der Waals surface area (Å²) < 4.78 is 0. The molecule has 0 atom stereocenters. The highest BCUT2D eigenvalue weighted by Gasteiger charge is 2.07. The number of nitrogens with zero attached hydrogens (tertiary/aromatic N) is 4. The third kappa shape index (κ3) is 5.23. The second-order valence-corrected chi connectivity index (χ2v) is 4.85. The maximum absolute atomic E-state index is 8.64. The van der Waals surface area contributed by atoms with Gasteiger partial charge in [-0.1, -0.05) is 19.0 Å². The molecule has 6 nitrogen and oxygen atoms in total. The Hall–Kier alpha value is -1.82. The zero-order valence-electron chi connectivity index (χ0n) is 13.3. The number of oxime groups is 1. The average molecular weight is 293 g/mol. The van der Waals surface area contributed by atoms with E-state index in [1.165, 1.54) is 0 Å². The summed E-state index contributed by atoms with van der Waals surface area (Å²) in [5, 5.41) is 11.6. The fourth-order valence-electron chi connectivity index (χ4n) is 2.27. The van der Waals surface area contributed by atoms with E-state index in [-0.39, 0.29) is 5.84 Å². The Balaban J connectivity index is 2.59. The van der Waals surface area contributed by atoms with Crippen molar-refractivity contribution in [1.29, 1.82) is 0 Å². The first-order chi connectivity index (χ1) is 10.2. The molecule has 0 aromatic carbocycles. The largest absolute Gasteiger partial charge is 0.409 e. The van der Waals surface area contributed by atoms with Gasteiger partial charge in [-0.25, -0.2) is 0 Å². The Morgan fingerprint density at radius 2 is 1.90 bits per heavy atom. The first kappa shape index (κ1) is 17.2. The second-order valence-electron chi connectivity index (χ2n) is 4.85. The van der Waals surface area contributed by atoms with Crippen LogP contribution in [0.1, 0.15) is 32.9 Å². The molecule has 0 amide bonds. The van der Waals surface area contributed by atoms with E-state index >= 15 is 0 Å². The topological polar surface area (TPSA) is 78.0 Å². The van der Waals surface area contributed by atoms with Gasteiger partial charge in [0.15, 0.2) is 5.84 Å². The molecule has 0 saturated carbocycles. The highest BCUT2D eigenvalue weighted by Crippen LogP contribution is 2.13. The minimum atomic E-state index is 0.0335. The van der Waals surface area contributed by atoms with Crippen molar-refractivity contribution in [2.45, 2.75) is 27.2 Å². The van der Waals surface area contributed by atoms with Crippen LogP contribution in [-0.2, 0) is 0 Å². The van der Waals surface area contributed by atoms with E-state index in [0.29, 0.717) is 5.69 Å². The summed E-state index contributed by atoms with van der Waals surface area (Å²) in [6.07, 6.45) is 2.89. The molecule has 0 bridgehead atoms. The Kier molecular flexibility index (Phi) is 7.53. The number of hydrogen-bond donors (Lipinski definition) is 2. The maximum atomic E-state index is 8.64. The Labute approximate surface area is 127 Å². The number of amidine groups is 1. The van der Waals surface area contributed by atoms with Crippen LogP contribution in [0, 0.1) is 0 Å². The molecule has 0 unspecified atom stereocenters. The summed E-state index contributed by atoms with van der Waals surface area (Å²) >= 11 is 0. The number of aromatic nitrogens is 1. The molecule has 21 heavy (non-hydrogen) atoms. The average Bonchev–Trinajstić information content (AvgIpc) is 2.55. The van der Waals surface area contributed by atoms with Crippen molar-refractivity contribution >= 4 is 11.5 Å². The second kappa shape index (κ2) is 9.18. The van der Waals surface area contributed by atoms with Crippen LogP contribution in [0.25, 0.3) is 0 Å². The van der Waals surface area contributed by atoms with Gasteiger partial charge in [0, 0.05) is 13.1 Å². The van der Waals surface area contributed by atoms with Crippen LogP contribution in [0.3, 0.4) is 0 Å². The van der Waals surface area contributed by atoms with Crippen LogP contribution in [0.4, 0.5) is 5.69 Å². The van der Waals surface area contributed by atoms with Gasteiger partial charge in [-0.15, -0.1) is 0 Å². The van der Waals surface area contributed by atoms with Gasteiger partial charge in [0.25, 0.3) is 0 Å². The molecule has 1 aromatic rings. The number of hydrogen-bond acceptors (Lipinski definition) is 5. The van der Waals surface area contributed by atoms with Gasteiger partial charge >= 0.3 is 0 Å². The van der Waals surface area contributed by atoms with E-state index in [1.807, 2.05) is 6.07 Å². The molecule has 0 saturated heterocycles. The van der Waals surface area contributed by atoms with Gasteiger partial charge in [0.05, 0.1) is 11.9 Å². The molecule has 118 valence electrons. The number of anilines is 1. The van der Waals surface area contributed by atoms with Gasteiger partial charge in [-0.3, -0.25) is 4.98 Å². The van der Waals surface area contributed by atoms with E-state index < -0.39 is 0 Å². The lowest BCUT2D eigenvalue weighted by Gasteiger charge is -2.25. The van der Waals surface area contributed by atoms with Gasteiger partial charge in [-0.2, -0.15) is 0 Å². The van der Waals surface area contributed by atoms with Gasteiger partial charge in [0.2, 0.25) is 0 Å². The zero-order valence-corrected chi connectivity index (χ0v) is 13.3. The lowest BCUT2D eigenvalue weighted by Crippen LogP contribution is -2.30. The molecule has 3 N–H and O–H groups in total. The first-order valence-corrected chi connectivity index (χ1v) is 7.57. The summed E-state index contributed by atoms with van der Waals surface area (Å²) in [4.78, 5) is 8.93. The van der Waals surface area contributed by atoms with Crippen molar-refractivity contribution in [1.82, 2.24) is 9.88 Å². The van der Waals surface area contributed by atoms with Crippen LogP contribution in [0.2, 0.25) is 0 Å². The summed E-state index contributed by atoms with van der Waals surface area (Å²) in [5.74, 6) is 0.0335. The lowest BCUT2D eigenvalue weighted by atomic mass is 10.2. The smallest absolute Gasteiger partial charge is 0.188 e. The van der Waals surface area contributed by atoms with E-state index in [2.05, 4.69) is 40.7 Å². The van der Waals surface area contributed by atoms with Gasteiger partial charge < -0.3 is 20.7 Å². The third-order valence-electron chi connectivity index (χ3n) is 3.66. The molecule has 0 fully saturated rings. The predicted octanol–water partition coefficient (Wildman–Crippen LogP) is 1.73. The summed E-state index contributed by atoms with van der Waals surface area (Å²) in [7, 11) is 0. The van der Waals surface area contributed by atoms with Crippen LogP contribution in [-0.4, -0.2) is 53.7 Å². The van der Waals surface area contributed by atoms with Crippen LogP contribution >= 0.6 is 0 Å². The monoisotopic (exact) mass is 293 g/mol. The molecule has 1 heterocycles. The van der Waals surface area contributed by atoms with Crippen LogP contribution < -0.4 is 10.6 Å². The first-order valence-electron chi connectivity index (χ1n) is 7.57. The highest BCUT2D eigenvalue weighted by atomic mass is 16.4. The van der Waals surface area contributed by atoms with Crippen molar-refractivity contribution in [3.63, 3.8) is 0 Å². The van der Waals surface area contributed by atoms with Crippen molar-refractivity contribution in [3.05, 3.63) is 24.0 Å². The van der Waals surface area contributed by atoms with Crippen LogP contribution in [0.5, 0.6) is 0 Å². The minimum Gasteiger partial charge on any atom is -0.409 e. The van der Waals surface area contributed by atoms with Crippen molar-refractivity contribution < 1.29 is 5.21 Å². The minimum absolute atomic E-state index is 0.0335. The molecule has 1 aromatic heterocycles. The van der Waals surface area contributed by atoms with Crippen molar-refractivity contribution in [2.24, 2.45) is 10.9 Å². The Bertz CT molecular complexity index is 428. The van der Waals surface area contributed by atoms with Gasteiger partial charge in [0.1, 0.15) is 5.69 Å². The number of nitrogens with two attached hydrogens (primary N) is 1. The van der Waals surface area contributed by atoms with Crippen molar-refractivity contribution in [2.75, 3.05) is 37.6 Å². The fourth-order valence-corrected chi connectivity index (χ4v) is 2.27. The van der Waals surface area contributed by atoms with Crippen molar-refractivity contribution in [3.8, 4) is 0 Å². The standard InChI is InChI=1S/C15H27N5O/c1-4-19(5-2)10-7-11-20(6-3)13-8-9-14(17-12-13)15(16)18-21/h8-9,12,21H,4-7,10-11H2,1-3H3,(H2,16,18). The number of pyridine rings is 1. The predicted molar refractivity (Wildman–Crippen MR) is 87.0 cm³/mol. The van der Waals surface area contributed by atoms with Gasteiger partial charge in [-0.05, 0) is 45.1 Å². The molecule has 1 rings (SSSR count). The normalized spacial score (nSPS) is 11.9. The third-order valence-corrected chi connectivity index (χ3v) is 3.66. The zero-order chi connectivity index (χ0) is 15.7. The van der Waals surface area contributed by atoms with E-state index in [4.69, 9.17) is 10.9 Å². The highest BCUT2D eigenvalue weighted by molar-refractivity contribution is 5.95. The number of rotatable bonds is 9. The fraction of sp³-hybridized carbons (Fsp3) is 0.600. The quantitative estimate of drug-likeness (QED) is 0.314. The Morgan fingerprint density at radius 3 is 2.38 bits per heavy atom. The molecular weight excluding hydrogens is 266 g/mol. The molecule has 0 aliphatic heterocycles. The van der Waals surface area contributed by atoms with E-state index in [1.54, 1.807) is 12.3 Å². The summed E-state index contributed by atoms with van der Waals surface area (Å²) in [6, 6.07) is 3.73. The molecule has 0 aliphatic carbocycles. The van der Waals surface area contributed by atoms with Crippen LogP contribution in [0.15, 0.2) is 23.5 Å². The van der Waals surface area contributed by atoms with E-state index in [0.717, 1.165) is 44.8 Å². The lowest BCUT2D eigenvalue weighted by molar-refractivity contribution is 0.301. The summed E-state index contributed by atoms with van der Waals surface area (Å²) in [6.45, 7) is 11.7. The molecule has 6 heteroatoms.